The van der Waals surface area contributed by atoms with E-state index in [-0.39, 0.29) is 0 Å². The fraction of sp³-hybridized carbons (Fsp3) is 0.333. The van der Waals surface area contributed by atoms with Gasteiger partial charge in [0.05, 0.1) is 0 Å². The Kier molecular flexibility index (Phi) is 4.14. The number of halogens is 1. The van der Waals surface area contributed by atoms with E-state index in [2.05, 4.69) is 20.2 Å². The first-order chi connectivity index (χ1) is 9.83. The van der Waals surface area contributed by atoms with Crippen LogP contribution >= 0.6 is 11.6 Å². The van der Waals surface area contributed by atoms with Crippen molar-refractivity contribution in [3.8, 4) is 11.1 Å². The van der Waals surface area contributed by atoms with Crippen LogP contribution in [-0.2, 0) is 0 Å². The first-order valence-electron chi connectivity index (χ1n) is 6.86. The second-order valence-corrected chi connectivity index (χ2v) is 5.31. The molecule has 1 saturated heterocycles. The van der Waals surface area contributed by atoms with Crippen molar-refractivity contribution in [1.29, 1.82) is 0 Å². The van der Waals surface area contributed by atoms with Crippen molar-refractivity contribution in [1.82, 2.24) is 15.3 Å². The number of benzene rings is 1. The number of hydrogen-bond acceptors (Lipinski definition) is 4. The highest BCUT2D eigenvalue weighted by molar-refractivity contribution is 6.30. The number of anilines is 1. The van der Waals surface area contributed by atoms with Crippen molar-refractivity contribution in [3.63, 3.8) is 0 Å². The molecular formula is C15H17ClN4. The summed E-state index contributed by atoms with van der Waals surface area (Å²) in [5.74, 6) is 0.805. The standard InChI is InChI=1S/C15H17ClN4/c16-14-4-1-3-12(9-14)13-10-18-15(19-11-13)20-7-2-5-17-6-8-20/h1,3-4,9-11,17H,2,5-8H2. The van der Waals surface area contributed by atoms with Crippen molar-refractivity contribution >= 4 is 17.5 Å². The average Bonchev–Trinajstić information content (AvgIpc) is 2.76. The van der Waals surface area contributed by atoms with Crippen molar-refractivity contribution in [2.24, 2.45) is 0 Å². The molecule has 3 rings (SSSR count). The van der Waals surface area contributed by atoms with Crippen LogP contribution in [0, 0.1) is 0 Å². The summed E-state index contributed by atoms with van der Waals surface area (Å²) in [5, 5.41) is 4.11. The number of nitrogens with one attached hydrogen (secondary N) is 1. The van der Waals surface area contributed by atoms with Gasteiger partial charge in [0.25, 0.3) is 0 Å². The Balaban J connectivity index is 1.80. The molecule has 20 heavy (non-hydrogen) atoms. The molecule has 4 nitrogen and oxygen atoms in total. The van der Waals surface area contributed by atoms with Gasteiger partial charge in [-0.3, -0.25) is 0 Å². The summed E-state index contributed by atoms with van der Waals surface area (Å²) in [5.41, 5.74) is 2.03. The van der Waals surface area contributed by atoms with Gasteiger partial charge in [-0.1, -0.05) is 23.7 Å². The minimum Gasteiger partial charge on any atom is -0.340 e. The molecule has 2 aromatic rings. The molecule has 1 aliphatic rings. The van der Waals surface area contributed by atoms with Gasteiger partial charge in [0, 0.05) is 42.6 Å². The molecule has 1 N–H and O–H groups in total. The van der Waals surface area contributed by atoms with Gasteiger partial charge in [-0.15, -0.1) is 0 Å². The Bertz CT molecular complexity index is 562. The highest BCUT2D eigenvalue weighted by atomic mass is 35.5. The summed E-state index contributed by atoms with van der Waals surface area (Å²) < 4.78 is 0. The van der Waals surface area contributed by atoms with E-state index in [0.29, 0.717) is 0 Å². The lowest BCUT2D eigenvalue weighted by atomic mass is 10.1. The normalized spacial score (nSPS) is 15.9. The fourth-order valence-corrected chi connectivity index (χ4v) is 2.54. The molecule has 1 aromatic heterocycles. The Morgan fingerprint density at radius 1 is 1.05 bits per heavy atom. The molecule has 0 unspecified atom stereocenters. The van der Waals surface area contributed by atoms with E-state index in [4.69, 9.17) is 11.6 Å². The highest BCUT2D eigenvalue weighted by Gasteiger charge is 2.11. The maximum Gasteiger partial charge on any atom is 0.225 e. The number of rotatable bonds is 2. The predicted molar refractivity (Wildman–Crippen MR) is 82.2 cm³/mol. The van der Waals surface area contributed by atoms with Gasteiger partial charge in [-0.25, -0.2) is 9.97 Å². The second kappa shape index (κ2) is 6.20. The molecule has 0 radical (unpaired) electrons. The lowest BCUT2D eigenvalue weighted by molar-refractivity contribution is 0.724. The summed E-state index contributed by atoms with van der Waals surface area (Å²) in [6.07, 6.45) is 4.86. The maximum absolute atomic E-state index is 6.01. The van der Waals surface area contributed by atoms with Crippen molar-refractivity contribution in [2.75, 3.05) is 31.1 Å². The van der Waals surface area contributed by atoms with Crippen LogP contribution in [0.5, 0.6) is 0 Å². The molecule has 0 spiro atoms. The van der Waals surface area contributed by atoms with E-state index in [1.54, 1.807) is 0 Å². The van der Waals surface area contributed by atoms with E-state index < -0.39 is 0 Å². The Hall–Kier alpha value is -1.65. The molecular weight excluding hydrogens is 272 g/mol. The van der Waals surface area contributed by atoms with Gasteiger partial charge in [-0.2, -0.15) is 0 Å². The third kappa shape index (κ3) is 3.08. The summed E-state index contributed by atoms with van der Waals surface area (Å²) in [4.78, 5) is 11.2. The maximum atomic E-state index is 6.01. The molecule has 5 heteroatoms. The van der Waals surface area contributed by atoms with Crippen molar-refractivity contribution < 1.29 is 0 Å². The summed E-state index contributed by atoms with van der Waals surface area (Å²) in [6.45, 7) is 4.01. The minimum absolute atomic E-state index is 0.727. The topological polar surface area (TPSA) is 41.1 Å². The Labute approximate surface area is 123 Å². The monoisotopic (exact) mass is 288 g/mol. The third-order valence-corrected chi connectivity index (χ3v) is 3.65. The molecule has 0 aliphatic carbocycles. The van der Waals surface area contributed by atoms with E-state index in [1.807, 2.05) is 36.7 Å². The van der Waals surface area contributed by atoms with Gasteiger partial charge >= 0.3 is 0 Å². The number of nitrogens with zero attached hydrogens (tertiary/aromatic N) is 3. The molecule has 104 valence electrons. The van der Waals surface area contributed by atoms with E-state index in [1.165, 1.54) is 0 Å². The minimum atomic E-state index is 0.727. The second-order valence-electron chi connectivity index (χ2n) is 4.87. The van der Waals surface area contributed by atoms with Crippen LogP contribution in [0.15, 0.2) is 36.7 Å². The van der Waals surface area contributed by atoms with Crippen LogP contribution in [0.4, 0.5) is 5.95 Å². The smallest absolute Gasteiger partial charge is 0.225 e. The zero-order valence-corrected chi connectivity index (χ0v) is 12.0. The first kappa shape index (κ1) is 13.3. The lowest BCUT2D eigenvalue weighted by Gasteiger charge is -2.19. The predicted octanol–water partition coefficient (Wildman–Crippen LogP) is 2.60. The molecule has 0 saturated carbocycles. The average molecular weight is 289 g/mol. The first-order valence-corrected chi connectivity index (χ1v) is 7.24. The van der Waals surface area contributed by atoms with Crippen LogP contribution in [-0.4, -0.2) is 36.1 Å². The molecule has 1 fully saturated rings. The Morgan fingerprint density at radius 2 is 1.90 bits per heavy atom. The van der Waals surface area contributed by atoms with Crippen LogP contribution in [0.2, 0.25) is 5.02 Å². The Morgan fingerprint density at radius 3 is 2.70 bits per heavy atom. The molecule has 1 aromatic carbocycles. The molecule has 0 bridgehead atoms. The van der Waals surface area contributed by atoms with E-state index >= 15 is 0 Å². The zero-order valence-electron chi connectivity index (χ0n) is 11.2. The quantitative estimate of drug-likeness (QED) is 0.922. The van der Waals surface area contributed by atoms with Crippen LogP contribution < -0.4 is 10.2 Å². The van der Waals surface area contributed by atoms with Gasteiger partial charge in [0.2, 0.25) is 5.95 Å². The number of hydrogen-bond donors (Lipinski definition) is 1. The lowest BCUT2D eigenvalue weighted by Crippen LogP contribution is -2.29. The molecule has 0 amide bonds. The van der Waals surface area contributed by atoms with Crippen molar-refractivity contribution in [2.45, 2.75) is 6.42 Å². The summed E-state index contributed by atoms with van der Waals surface area (Å²) >= 11 is 6.01. The van der Waals surface area contributed by atoms with Crippen LogP contribution in [0.1, 0.15) is 6.42 Å². The van der Waals surface area contributed by atoms with Crippen molar-refractivity contribution in [3.05, 3.63) is 41.7 Å². The molecule has 1 aliphatic heterocycles. The SMILES string of the molecule is Clc1cccc(-c2cnc(N3CCCNCC3)nc2)c1. The van der Waals surface area contributed by atoms with Gasteiger partial charge < -0.3 is 10.2 Å². The largest absolute Gasteiger partial charge is 0.340 e. The summed E-state index contributed by atoms with van der Waals surface area (Å²) in [7, 11) is 0. The molecule has 2 heterocycles. The fourth-order valence-electron chi connectivity index (χ4n) is 2.35. The van der Waals surface area contributed by atoms with E-state index in [9.17, 15) is 0 Å². The molecule has 0 atom stereocenters. The number of aromatic nitrogens is 2. The van der Waals surface area contributed by atoms with Crippen LogP contribution in [0.25, 0.3) is 11.1 Å². The van der Waals surface area contributed by atoms with Gasteiger partial charge in [-0.05, 0) is 30.7 Å². The van der Waals surface area contributed by atoms with Crippen LogP contribution in [0.3, 0.4) is 0 Å². The highest BCUT2D eigenvalue weighted by Crippen LogP contribution is 2.22. The summed E-state index contributed by atoms with van der Waals surface area (Å²) in [6, 6.07) is 7.74. The van der Waals surface area contributed by atoms with Gasteiger partial charge in [0.1, 0.15) is 0 Å². The zero-order chi connectivity index (χ0) is 13.8. The van der Waals surface area contributed by atoms with Gasteiger partial charge in [0.15, 0.2) is 0 Å². The van der Waals surface area contributed by atoms with E-state index in [0.717, 1.165) is 54.7 Å². The third-order valence-electron chi connectivity index (χ3n) is 3.42.